The van der Waals surface area contributed by atoms with Crippen LogP contribution in [0.2, 0.25) is 0 Å². The third-order valence-corrected chi connectivity index (χ3v) is 18.5. The van der Waals surface area contributed by atoms with Gasteiger partial charge in [0.2, 0.25) is 11.6 Å². The summed E-state index contributed by atoms with van der Waals surface area (Å²) >= 11 is 6.88. The van der Waals surface area contributed by atoms with Crippen LogP contribution < -0.4 is 0 Å². The number of Topliss-reactive ketones (excluding diaryl/α,β-unsaturated/α-hetero) is 2. The number of fused-ring (bicyclic) bond motifs is 2. The standard InChI is InChI=1S/C58H80O2S4/c1-5-7-9-11-13-15-17-19-21-23-25-27-29-31-33-45-40-53(61-44(45)4)56-47(34-32-30-28-26-24-22-20-18-16-14-12-10-8-6-2)42-50(62-56)46-36-38-49-52(41-46)64-58(55(49)60)57-54(59)48-37-35-43(3)39-51(48)63-57/h35-42H,5-34H2,1-4H3/b58-57+. The van der Waals surface area contributed by atoms with Crippen LogP contribution in [-0.4, -0.2) is 11.6 Å². The molecule has 348 valence electrons. The van der Waals surface area contributed by atoms with Crippen molar-refractivity contribution in [1.29, 1.82) is 0 Å². The highest BCUT2D eigenvalue weighted by Gasteiger charge is 2.36. The number of benzene rings is 2. The molecule has 0 saturated carbocycles. The van der Waals surface area contributed by atoms with E-state index < -0.39 is 0 Å². The Kier molecular flexibility index (Phi) is 22.4. The van der Waals surface area contributed by atoms with Crippen molar-refractivity contribution in [1.82, 2.24) is 0 Å². The van der Waals surface area contributed by atoms with Gasteiger partial charge in [0.25, 0.3) is 0 Å². The number of allylic oxidation sites excluding steroid dienone is 2. The van der Waals surface area contributed by atoms with Crippen LogP contribution in [0.1, 0.15) is 236 Å². The van der Waals surface area contributed by atoms with E-state index in [4.69, 9.17) is 0 Å². The highest BCUT2D eigenvalue weighted by atomic mass is 32.2. The normalized spacial score (nSPS) is 14.6. The summed E-state index contributed by atoms with van der Waals surface area (Å²) in [6.07, 6.45) is 41.2. The molecule has 0 amide bonds. The van der Waals surface area contributed by atoms with E-state index in [1.54, 1.807) is 5.56 Å². The molecule has 4 heterocycles. The van der Waals surface area contributed by atoms with Crippen molar-refractivity contribution >= 4 is 57.8 Å². The second-order valence-electron chi connectivity index (χ2n) is 19.1. The topological polar surface area (TPSA) is 34.1 Å². The fourth-order valence-electron chi connectivity index (χ4n) is 9.57. The molecule has 2 nitrogen and oxygen atoms in total. The average molecular weight is 938 g/mol. The Balaban J connectivity index is 1.04. The van der Waals surface area contributed by atoms with Gasteiger partial charge in [0.1, 0.15) is 0 Å². The van der Waals surface area contributed by atoms with Crippen LogP contribution in [0, 0.1) is 13.8 Å². The molecule has 0 spiro atoms. The van der Waals surface area contributed by atoms with Crippen LogP contribution >= 0.6 is 46.2 Å². The van der Waals surface area contributed by atoms with Gasteiger partial charge in [0.15, 0.2) is 0 Å². The minimum absolute atomic E-state index is 0.0160. The summed E-state index contributed by atoms with van der Waals surface area (Å²) < 4.78 is 0. The maximum Gasteiger partial charge on any atom is 0.202 e. The van der Waals surface area contributed by atoms with Gasteiger partial charge in [-0.25, -0.2) is 0 Å². The maximum absolute atomic E-state index is 13.8. The van der Waals surface area contributed by atoms with Gasteiger partial charge in [0.05, 0.1) is 9.81 Å². The molecule has 0 fully saturated rings. The van der Waals surface area contributed by atoms with Gasteiger partial charge in [-0.2, -0.15) is 0 Å². The lowest BCUT2D eigenvalue weighted by molar-refractivity contribution is 0.101. The Labute approximate surface area is 406 Å². The molecule has 0 unspecified atom stereocenters. The van der Waals surface area contributed by atoms with E-state index in [0.717, 1.165) is 27.3 Å². The fraction of sp³-hybridized carbons (Fsp3) is 0.586. The number of ketones is 2. The summed E-state index contributed by atoms with van der Waals surface area (Å²) in [5, 5.41) is 0. The summed E-state index contributed by atoms with van der Waals surface area (Å²) in [5.74, 6) is -0.0347. The Bertz CT molecular complexity index is 2100. The van der Waals surface area contributed by atoms with Crippen molar-refractivity contribution in [2.45, 2.75) is 230 Å². The molecule has 0 N–H and O–H groups in total. The Hall–Kier alpha value is -2.38. The van der Waals surface area contributed by atoms with Crippen molar-refractivity contribution in [3.63, 3.8) is 0 Å². The lowest BCUT2D eigenvalue weighted by Gasteiger charge is -2.04. The molecule has 6 rings (SSSR count). The minimum atomic E-state index is -0.0186. The molecule has 0 aliphatic carbocycles. The van der Waals surface area contributed by atoms with Crippen LogP contribution in [0.5, 0.6) is 0 Å². The molecule has 2 aliphatic heterocycles. The van der Waals surface area contributed by atoms with Gasteiger partial charge in [-0.1, -0.05) is 216 Å². The number of thioether (sulfide) groups is 2. The molecule has 0 atom stereocenters. The zero-order chi connectivity index (χ0) is 44.9. The fourth-order valence-corrected chi connectivity index (χ4v) is 14.4. The van der Waals surface area contributed by atoms with Crippen LogP contribution in [0.3, 0.4) is 0 Å². The first-order valence-corrected chi connectivity index (χ1v) is 29.3. The Morgan fingerprint density at radius 3 is 1.30 bits per heavy atom. The Morgan fingerprint density at radius 1 is 0.406 bits per heavy atom. The van der Waals surface area contributed by atoms with Gasteiger partial charge < -0.3 is 0 Å². The number of hydrogen-bond donors (Lipinski definition) is 0. The average Bonchev–Trinajstić information content (AvgIpc) is 4.06. The first-order chi connectivity index (χ1) is 31.4. The van der Waals surface area contributed by atoms with E-state index in [1.807, 2.05) is 47.8 Å². The number of hydrogen-bond acceptors (Lipinski definition) is 6. The van der Waals surface area contributed by atoms with Crippen molar-refractivity contribution in [2.24, 2.45) is 0 Å². The molecule has 6 heteroatoms. The second-order valence-corrected chi connectivity index (χ2v) is 23.5. The lowest BCUT2D eigenvalue weighted by atomic mass is 10.0. The van der Waals surface area contributed by atoms with E-state index in [-0.39, 0.29) is 11.6 Å². The molecule has 2 aromatic carbocycles. The summed E-state index contributed by atoms with van der Waals surface area (Å²) in [5.41, 5.74) is 6.76. The number of thiophene rings is 2. The van der Waals surface area contributed by atoms with E-state index in [9.17, 15) is 9.59 Å². The Morgan fingerprint density at radius 2 is 0.812 bits per heavy atom. The monoisotopic (exact) mass is 937 g/mol. The van der Waals surface area contributed by atoms with Gasteiger partial charge in [-0.15, -0.1) is 22.7 Å². The lowest BCUT2D eigenvalue weighted by Crippen LogP contribution is -2.01. The first-order valence-electron chi connectivity index (χ1n) is 26.0. The number of aryl methyl sites for hydroxylation is 4. The number of carbonyl (C=O) groups is 2. The SMILES string of the molecule is CCCCCCCCCCCCCCCCc1cc(-c2sc(-c3ccc4c(c3)S/C(=C3/Sc5cc(C)ccc5C3=O)C4=O)cc2CCCCCCCCCCCCCCCC)sc1C. The zero-order valence-corrected chi connectivity index (χ0v) is 43.5. The second kappa shape index (κ2) is 28.1. The van der Waals surface area contributed by atoms with E-state index in [1.165, 1.54) is 240 Å². The van der Waals surface area contributed by atoms with Crippen molar-refractivity contribution < 1.29 is 9.59 Å². The molecule has 64 heavy (non-hydrogen) atoms. The van der Waals surface area contributed by atoms with Gasteiger partial charge >= 0.3 is 0 Å². The van der Waals surface area contributed by atoms with Gasteiger partial charge in [-0.05, 0) is 98.2 Å². The zero-order valence-electron chi connectivity index (χ0n) is 40.3. The van der Waals surface area contributed by atoms with Crippen molar-refractivity contribution in [2.75, 3.05) is 0 Å². The maximum atomic E-state index is 13.8. The number of unbranched alkanes of at least 4 members (excludes halogenated alkanes) is 26. The van der Waals surface area contributed by atoms with Crippen LogP contribution in [0.15, 0.2) is 68.1 Å². The highest BCUT2D eigenvalue weighted by molar-refractivity contribution is 8.08. The van der Waals surface area contributed by atoms with Crippen LogP contribution in [0.25, 0.3) is 20.2 Å². The van der Waals surface area contributed by atoms with Crippen LogP contribution in [-0.2, 0) is 12.8 Å². The summed E-state index contributed by atoms with van der Waals surface area (Å²) in [7, 11) is 0. The van der Waals surface area contributed by atoms with Crippen LogP contribution in [0.4, 0.5) is 0 Å². The molecule has 0 radical (unpaired) electrons. The van der Waals surface area contributed by atoms with Gasteiger partial charge in [0, 0.05) is 40.4 Å². The third kappa shape index (κ3) is 15.3. The molecular formula is C58H80O2S4. The summed E-state index contributed by atoms with van der Waals surface area (Å²) in [4.78, 5) is 35.9. The van der Waals surface area contributed by atoms with Gasteiger partial charge in [-0.3, -0.25) is 9.59 Å². The first kappa shape index (κ1) is 51.0. The quantitative estimate of drug-likeness (QED) is 0.0361. The highest BCUT2D eigenvalue weighted by Crippen LogP contribution is 2.51. The smallest absolute Gasteiger partial charge is 0.202 e. The summed E-state index contributed by atoms with van der Waals surface area (Å²) in [6, 6.07) is 17.3. The molecule has 2 aromatic heterocycles. The molecule has 4 aromatic rings. The van der Waals surface area contributed by atoms with Crippen molar-refractivity contribution in [3.8, 4) is 20.2 Å². The molecule has 0 bridgehead atoms. The number of carbonyl (C=O) groups excluding carboxylic acids is 2. The summed E-state index contributed by atoms with van der Waals surface area (Å²) in [6.45, 7) is 8.98. The largest absolute Gasteiger partial charge is 0.288 e. The predicted octanol–water partition coefficient (Wildman–Crippen LogP) is 20.3. The van der Waals surface area contributed by atoms with Crippen molar-refractivity contribution in [3.05, 3.63) is 91.0 Å². The van der Waals surface area contributed by atoms with E-state index in [0.29, 0.717) is 15.4 Å². The van der Waals surface area contributed by atoms with E-state index >= 15 is 0 Å². The predicted molar refractivity (Wildman–Crippen MR) is 284 cm³/mol. The van der Waals surface area contributed by atoms with E-state index in [2.05, 4.69) is 51.1 Å². The minimum Gasteiger partial charge on any atom is -0.288 e. The third-order valence-electron chi connectivity index (χ3n) is 13.6. The molecule has 0 saturated heterocycles. The molecular weight excluding hydrogens is 857 g/mol. The number of rotatable bonds is 32. The molecule has 2 aliphatic rings.